The Labute approximate surface area is 162 Å². The quantitative estimate of drug-likeness (QED) is 0.467. The molecule has 5 nitrogen and oxygen atoms in total. The van der Waals surface area contributed by atoms with E-state index in [4.69, 9.17) is 9.40 Å². The average Bonchev–Trinajstić information content (AvgIpc) is 3.52. The Morgan fingerprint density at radius 2 is 1.68 bits per heavy atom. The summed E-state index contributed by atoms with van der Waals surface area (Å²) in [7, 11) is 0. The van der Waals surface area contributed by atoms with Gasteiger partial charge in [-0.25, -0.2) is 9.97 Å². The molecule has 1 atom stereocenters. The van der Waals surface area contributed by atoms with E-state index in [1.165, 1.54) is 0 Å². The van der Waals surface area contributed by atoms with E-state index in [0.29, 0.717) is 0 Å². The molecule has 5 heteroatoms. The lowest BCUT2D eigenvalue weighted by atomic mass is 10.0. The highest BCUT2D eigenvalue weighted by molar-refractivity contribution is 5.76. The van der Waals surface area contributed by atoms with Crippen molar-refractivity contribution in [1.82, 2.24) is 19.5 Å². The zero-order chi connectivity index (χ0) is 18.8. The lowest BCUT2D eigenvalue weighted by molar-refractivity contribution is 0.461. The number of nitrogens with zero attached hydrogens (tertiary/aromatic N) is 3. The van der Waals surface area contributed by atoms with E-state index >= 15 is 0 Å². The molecule has 0 amide bonds. The van der Waals surface area contributed by atoms with Gasteiger partial charge in [-0.1, -0.05) is 60.7 Å². The highest BCUT2D eigenvalue weighted by Crippen LogP contribution is 2.36. The fourth-order valence-corrected chi connectivity index (χ4v) is 3.56. The van der Waals surface area contributed by atoms with Crippen LogP contribution in [0.25, 0.3) is 22.6 Å². The van der Waals surface area contributed by atoms with Crippen molar-refractivity contribution < 1.29 is 4.42 Å². The number of rotatable bonds is 5. The summed E-state index contributed by atoms with van der Waals surface area (Å²) in [5.41, 5.74) is 4.95. The number of furan rings is 1. The van der Waals surface area contributed by atoms with Crippen molar-refractivity contribution in [2.75, 3.05) is 0 Å². The van der Waals surface area contributed by atoms with Crippen LogP contribution in [0, 0.1) is 0 Å². The first-order chi connectivity index (χ1) is 13.9. The molecular formula is C23H18N4O. The van der Waals surface area contributed by atoms with Gasteiger partial charge in [-0.15, -0.1) is 0 Å². The summed E-state index contributed by atoms with van der Waals surface area (Å²) in [5.74, 6) is 0.851. The maximum Gasteiger partial charge on any atom is 0.131 e. The molecule has 0 fully saturated rings. The summed E-state index contributed by atoms with van der Waals surface area (Å²) in [4.78, 5) is 12.2. The van der Waals surface area contributed by atoms with Gasteiger partial charge >= 0.3 is 0 Å². The van der Waals surface area contributed by atoms with Gasteiger partial charge in [-0.3, -0.25) is 0 Å². The third-order valence-corrected chi connectivity index (χ3v) is 4.80. The zero-order valence-corrected chi connectivity index (χ0v) is 15.1. The van der Waals surface area contributed by atoms with Gasteiger partial charge in [-0.2, -0.15) is 0 Å². The van der Waals surface area contributed by atoms with Crippen LogP contribution in [0.3, 0.4) is 0 Å². The van der Waals surface area contributed by atoms with E-state index in [2.05, 4.69) is 38.8 Å². The van der Waals surface area contributed by atoms with Gasteiger partial charge in [-0.05, 0) is 17.7 Å². The molecule has 5 aromatic rings. The van der Waals surface area contributed by atoms with Gasteiger partial charge in [0, 0.05) is 5.56 Å². The number of hydrogen-bond donors (Lipinski definition) is 1. The third kappa shape index (κ3) is 2.83. The molecule has 136 valence electrons. The van der Waals surface area contributed by atoms with E-state index in [0.717, 1.165) is 34.0 Å². The highest BCUT2D eigenvalue weighted by Gasteiger charge is 2.25. The van der Waals surface area contributed by atoms with Gasteiger partial charge in [0.1, 0.15) is 11.8 Å². The summed E-state index contributed by atoms with van der Waals surface area (Å²) >= 11 is 0. The van der Waals surface area contributed by atoms with Gasteiger partial charge in [0.15, 0.2) is 0 Å². The Balaban J connectivity index is 1.76. The van der Waals surface area contributed by atoms with Crippen LogP contribution in [-0.2, 0) is 0 Å². The normalized spacial score (nSPS) is 12.1. The number of H-pyrrole nitrogens is 1. The fourth-order valence-electron chi connectivity index (χ4n) is 3.56. The van der Waals surface area contributed by atoms with E-state index in [1.54, 1.807) is 12.6 Å². The first kappa shape index (κ1) is 16.3. The van der Waals surface area contributed by atoms with Crippen LogP contribution in [-0.4, -0.2) is 19.5 Å². The van der Waals surface area contributed by atoms with Crippen molar-refractivity contribution in [3.8, 4) is 22.6 Å². The Morgan fingerprint density at radius 3 is 2.36 bits per heavy atom. The summed E-state index contributed by atoms with van der Waals surface area (Å²) in [5, 5.41) is 0. The lowest BCUT2D eigenvalue weighted by Crippen LogP contribution is -2.12. The molecule has 1 N–H and O–H groups in total. The van der Waals surface area contributed by atoms with Crippen LogP contribution < -0.4 is 0 Å². The number of benzene rings is 2. The minimum absolute atomic E-state index is 0.139. The molecule has 28 heavy (non-hydrogen) atoms. The van der Waals surface area contributed by atoms with Crippen LogP contribution in [0.1, 0.15) is 17.4 Å². The summed E-state index contributed by atoms with van der Waals surface area (Å²) < 4.78 is 7.96. The van der Waals surface area contributed by atoms with Crippen LogP contribution in [0.15, 0.2) is 102 Å². The molecule has 0 radical (unpaired) electrons. The van der Waals surface area contributed by atoms with Crippen LogP contribution in [0.4, 0.5) is 0 Å². The monoisotopic (exact) mass is 366 g/mol. The van der Waals surface area contributed by atoms with Gasteiger partial charge in [0.25, 0.3) is 0 Å². The van der Waals surface area contributed by atoms with Gasteiger partial charge in [0.05, 0.1) is 42.2 Å². The number of aromatic nitrogens is 4. The van der Waals surface area contributed by atoms with Crippen molar-refractivity contribution in [2.24, 2.45) is 0 Å². The van der Waals surface area contributed by atoms with Crippen molar-refractivity contribution in [3.05, 3.63) is 109 Å². The first-order valence-corrected chi connectivity index (χ1v) is 9.11. The number of hydrogen-bond acceptors (Lipinski definition) is 3. The molecule has 3 aromatic heterocycles. The largest absolute Gasteiger partial charge is 0.467 e. The minimum atomic E-state index is -0.139. The maximum absolute atomic E-state index is 5.82. The second-order valence-electron chi connectivity index (χ2n) is 6.51. The Hall–Kier alpha value is -3.86. The molecular weight excluding hydrogens is 348 g/mol. The van der Waals surface area contributed by atoms with Gasteiger partial charge in [0.2, 0.25) is 0 Å². The predicted molar refractivity (Wildman–Crippen MR) is 108 cm³/mol. The average molecular weight is 366 g/mol. The lowest BCUT2D eigenvalue weighted by Gasteiger charge is -2.20. The van der Waals surface area contributed by atoms with E-state index in [-0.39, 0.29) is 6.04 Å². The van der Waals surface area contributed by atoms with E-state index in [1.807, 2.05) is 61.1 Å². The fraction of sp³-hybridized carbons (Fsp3) is 0.0435. The standard InChI is InChI=1S/C23H18N4O/c1-3-8-17(9-4-1)21-23(19-14-24-15-25-19)27(16-26-21)22(20-12-7-13-28-20)18-10-5-2-6-11-18/h1-16,22H,(H,24,25)/t22-/m0/s1. The minimum Gasteiger partial charge on any atom is -0.467 e. The Bertz CT molecular complexity index is 1140. The summed E-state index contributed by atoms with van der Waals surface area (Å²) in [6.45, 7) is 0. The maximum atomic E-state index is 5.82. The van der Waals surface area contributed by atoms with Crippen molar-refractivity contribution in [1.29, 1.82) is 0 Å². The molecule has 0 saturated carbocycles. The molecule has 0 bridgehead atoms. The second-order valence-corrected chi connectivity index (χ2v) is 6.51. The van der Waals surface area contributed by atoms with Gasteiger partial charge < -0.3 is 14.0 Å². The van der Waals surface area contributed by atoms with E-state index in [9.17, 15) is 0 Å². The smallest absolute Gasteiger partial charge is 0.131 e. The molecule has 3 heterocycles. The SMILES string of the molecule is c1ccc(-c2ncn([C@@H](c3ccccc3)c3ccco3)c2-c2cnc[nH]2)cc1. The zero-order valence-electron chi connectivity index (χ0n) is 15.1. The van der Waals surface area contributed by atoms with Crippen LogP contribution in [0.5, 0.6) is 0 Å². The number of nitrogens with one attached hydrogen (secondary N) is 1. The molecule has 0 aliphatic carbocycles. The first-order valence-electron chi connectivity index (χ1n) is 9.11. The molecule has 0 unspecified atom stereocenters. The summed E-state index contributed by atoms with van der Waals surface area (Å²) in [6.07, 6.45) is 7.09. The van der Waals surface area contributed by atoms with Crippen LogP contribution in [0.2, 0.25) is 0 Å². The second kappa shape index (κ2) is 7.04. The van der Waals surface area contributed by atoms with Crippen molar-refractivity contribution in [2.45, 2.75) is 6.04 Å². The molecule has 0 aliphatic rings. The molecule has 2 aromatic carbocycles. The molecule has 0 aliphatic heterocycles. The van der Waals surface area contributed by atoms with Crippen LogP contribution >= 0.6 is 0 Å². The molecule has 0 spiro atoms. The summed E-state index contributed by atoms with van der Waals surface area (Å²) in [6, 6.07) is 24.2. The predicted octanol–water partition coefficient (Wildman–Crippen LogP) is 5.17. The third-order valence-electron chi connectivity index (χ3n) is 4.80. The van der Waals surface area contributed by atoms with Crippen molar-refractivity contribution >= 4 is 0 Å². The number of aromatic amines is 1. The number of imidazole rings is 2. The molecule has 5 rings (SSSR count). The molecule has 0 saturated heterocycles. The van der Waals surface area contributed by atoms with Crippen molar-refractivity contribution in [3.63, 3.8) is 0 Å². The Kier molecular flexibility index (Phi) is 4.10. The topological polar surface area (TPSA) is 59.6 Å². The van der Waals surface area contributed by atoms with E-state index < -0.39 is 0 Å². The Morgan fingerprint density at radius 1 is 0.893 bits per heavy atom. The highest BCUT2D eigenvalue weighted by atomic mass is 16.3.